The minimum absolute atomic E-state index is 0.0214. The number of hydrogen-bond donors (Lipinski definition) is 1. The van der Waals surface area contributed by atoms with Crippen LogP contribution in [0.1, 0.15) is 19.3 Å². The zero-order chi connectivity index (χ0) is 14.9. The van der Waals surface area contributed by atoms with Gasteiger partial charge in [0.25, 0.3) is 5.69 Å². The van der Waals surface area contributed by atoms with Gasteiger partial charge in [-0.05, 0) is 33.4 Å². The first-order chi connectivity index (χ1) is 9.34. The molecule has 7 heteroatoms. The zero-order valence-corrected chi connectivity index (χ0v) is 12.2. The highest BCUT2D eigenvalue weighted by atomic mass is 16.6. The number of nitrogens with zero attached hydrogens (tertiary/aromatic N) is 4. The molecule has 7 nitrogen and oxygen atoms in total. The highest BCUT2D eigenvalue weighted by Crippen LogP contribution is 2.37. The number of nitrogens with two attached hydrogens (primary N) is 1. The Morgan fingerprint density at radius 2 is 2.05 bits per heavy atom. The van der Waals surface area contributed by atoms with E-state index in [1.807, 2.05) is 11.9 Å². The van der Waals surface area contributed by atoms with E-state index in [1.165, 1.54) is 18.6 Å². The lowest BCUT2D eigenvalue weighted by Gasteiger charge is -2.49. The van der Waals surface area contributed by atoms with E-state index in [4.69, 9.17) is 5.73 Å². The maximum absolute atomic E-state index is 10.9. The van der Waals surface area contributed by atoms with E-state index >= 15 is 0 Å². The summed E-state index contributed by atoms with van der Waals surface area (Å²) >= 11 is 0. The first kappa shape index (κ1) is 14.5. The highest BCUT2D eigenvalue weighted by molar-refractivity contribution is 5.54. The number of pyridine rings is 1. The van der Waals surface area contributed by atoms with Crippen LogP contribution < -0.4 is 10.6 Å². The van der Waals surface area contributed by atoms with Crippen molar-refractivity contribution in [1.82, 2.24) is 9.88 Å². The maximum Gasteiger partial charge on any atom is 0.276 e. The molecule has 0 aromatic carbocycles. The standard InChI is InChI=1S/C13H21N5O2/c1-16(2)13(5-4-6-13)9-17(3)12-8-10(18(19)20)7-11(14)15-12/h7-8H,4-6,9H2,1-3H3,(H2,14,15). The minimum Gasteiger partial charge on any atom is -0.383 e. The van der Waals surface area contributed by atoms with Crippen molar-refractivity contribution < 1.29 is 4.92 Å². The van der Waals surface area contributed by atoms with Gasteiger partial charge in [0.15, 0.2) is 0 Å². The van der Waals surface area contributed by atoms with Crippen LogP contribution in [0.4, 0.5) is 17.3 Å². The SMILES string of the molecule is CN(CC1(N(C)C)CCC1)c1cc([N+](=O)[O-])cc(N)n1. The van der Waals surface area contributed by atoms with Gasteiger partial charge >= 0.3 is 0 Å². The Balaban J connectivity index is 2.21. The molecular formula is C13H21N5O2. The molecule has 0 aliphatic heterocycles. The molecule has 0 atom stereocenters. The van der Waals surface area contributed by atoms with Gasteiger partial charge in [0.2, 0.25) is 0 Å². The van der Waals surface area contributed by atoms with E-state index in [-0.39, 0.29) is 17.0 Å². The molecule has 1 fully saturated rings. The van der Waals surface area contributed by atoms with Gasteiger partial charge < -0.3 is 15.5 Å². The number of aromatic nitrogens is 1. The summed E-state index contributed by atoms with van der Waals surface area (Å²) in [6.07, 6.45) is 3.49. The molecule has 1 aliphatic rings. The molecule has 20 heavy (non-hydrogen) atoms. The quantitative estimate of drug-likeness (QED) is 0.649. The molecule has 110 valence electrons. The molecule has 1 heterocycles. The van der Waals surface area contributed by atoms with Gasteiger partial charge in [-0.1, -0.05) is 0 Å². The van der Waals surface area contributed by atoms with Crippen molar-refractivity contribution in [2.45, 2.75) is 24.8 Å². The molecule has 0 amide bonds. The van der Waals surface area contributed by atoms with Gasteiger partial charge in [-0.15, -0.1) is 0 Å². The third kappa shape index (κ3) is 2.67. The molecule has 2 rings (SSSR count). The van der Waals surface area contributed by atoms with Crippen molar-refractivity contribution in [3.8, 4) is 0 Å². The van der Waals surface area contributed by atoms with Crippen molar-refractivity contribution in [2.24, 2.45) is 0 Å². The number of anilines is 2. The fourth-order valence-electron chi connectivity index (χ4n) is 2.68. The van der Waals surface area contributed by atoms with E-state index in [9.17, 15) is 10.1 Å². The number of rotatable bonds is 5. The Morgan fingerprint density at radius 1 is 1.40 bits per heavy atom. The molecular weight excluding hydrogens is 258 g/mol. The van der Waals surface area contributed by atoms with Crippen molar-refractivity contribution in [2.75, 3.05) is 38.3 Å². The van der Waals surface area contributed by atoms with Crippen molar-refractivity contribution in [3.05, 3.63) is 22.2 Å². The fraction of sp³-hybridized carbons (Fsp3) is 0.615. The Bertz CT molecular complexity index is 513. The number of likely N-dealkylation sites (N-methyl/N-ethyl adjacent to an activating group) is 2. The molecule has 0 saturated heterocycles. The van der Waals surface area contributed by atoms with Crippen LogP contribution in [0, 0.1) is 10.1 Å². The summed E-state index contributed by atoms with van der Waals surface area (Å²) < 4.78 is 0. The molecule has 1 aromatic rings. The molecule has 1 saturated carbocycles. The summed E-state index contributed by atoms with van der Waals surface area (Å²) in [4.78, 5) is 18.8. The summed E-state index contributed by atoms with van der Waals surface area (Å²) in [5.41, 5.74) is 5.77. The summed E-state index contributed by atoms with van der Waals surface area (Å²) in [5, 5.41) is 10.9. The molecule has 1 aromatic heterocycles. The smallest absolute Gasteiger partial charge is 0.276 e. The van der Waals surface area contributed by atoms with Crippen LogP contribution in [0.15, 0.2) is 12.1 Å². The number of nitro groups is 1. The second-order valence-electron chi connectivity index (χ2n) is 5.69. The van der Waals surface area contributed by atoms with Crippen molar-refractivity contribution in [3.63, 3.8) is 0 Å². The van der Waals surface area contributed by atoms with Crippen LogP contribution in [0.3, 0.4) is 0 Å². The predicted octanol–water partition coefficient (Wildman–Crippen LogP) is 1.49. The highest BCUT2D eigenvalue weighted by Gasteiger charge is 2.40. The van der Waals surface area contributed by atoms with Crippen LogP contribution in [0.5, 0.6) is 0 Å². The van der Waals surface area contributed by atoms with Gasteiger partial charge in [0.05, 0.1) is 17.1 Å². The first-order valence-corrected chi connectivity index (χ1v) is 6.65. The van der Waals surface area contributed by atoms with Gasteiger partial charge in [-0.2, -0.15) is 0 Å². The Hall–Kier alpha value is -1.89. The molecule has 1 aliphatic carbocycles. The zero-order valence-electron chi connectivity index (χ0n) is 12.2. The van der Waals surface area contributed by atoms with E-state index in [2.05, 4.69) is 24.0 Å². The minimum atomic E-state index is -0.444. The van der Waals surface area contributed by atoms with E-state index in [0.29, 0.717) is 5.82 Å². The molecule has 0 spiro atoms. The lowest BCUT2D eigenvalue weighted by Crippen LogP contribution is -2.56. The predicted molar refractivity (Wildman–Crippen MR) is 78.8 cm³/mol. The summed E-state index contributed by atoms with van der Waals surface area (Å²) in [6.45, 7) is 0.785. The lowest BCUT2D eigenvalue weighted by atomic mass is 9.75. The van der Waals surface area contributed by atoms with Gasteiger partial charge in [0, 0.05) is 19.1 Å². The van der Waals surface area contributed by atoms with E-state index in [0.717, 1.165) is 19.4 Å². The average Bonchev–Trinajstić information content (AvgIpc) is 2.32. The lowest BCUT2D eigenvalue weighted by molar-refractivity contribution is -0.384. The average molecular weight is 279 g/mol. The summed E-state index contributed by atoms with van der Waals surface area (Å²) in [7, 11) is 6.04. The summed E-state index contributed by atoms with van der Waals surface area (Å²) in [6, 6.07) is 2.75. The van der Waals surface area contributed by atoms with E-state index < -0.39 is 4.92 Å². The van der Waals surface area contributed by atoms with Crippen molar-refractivity contribution in [1.29, 1.82) is 0 Å². The topological polar surface area (TPSA) is 88.5 Å². The van der Waals surface area contributed by atoms with Crippen LogP contribution in [0.2, 0.25) is 0 Å². The number of nitrogen functional groups attached to an aromatic ring is 1. The first-order valence-electron chi connectivity index (χ1n) is 6.65. The molecule has 2 N–H and O–H groups in total. The Labute approximate surface area is 118 Å². The molecule has 0 radical (unpaired) electrons. The third-order valence-electron chi connectivity index (χ3n) is 4.18. The Kier molecular flexibility index (Phi) is 3.80. The van der Waals surface area contributed by atoms with Gasteiger partial charge in [0.1, 0.15) is 11.6 Å². The normalized spacial score (nSPS) is 16.8. The van der Waals surface area contributed by atoms with Crippen molar-refractivity contribution >= 4 is 17.3 Å². The second kappa shape index (κ2) is 5.24. The van der Waals surface area contributed by atoms with Crippen LogP contribution in [-0.4, -0.2) is 48.0 Å². The second-order valence-corrected chi connectivity index (χ2v) is 5.69. The van der Waals surface area contributed by atoms with Gasteiger partial charge in [-0.3, -0.25) is 10.1 Å². The van der Waals surface area contributed by atoms with Gasteiger partial charge in [-0.25, -0.2) is 4.98 Å². The largest absolute Gasteiger partial charge is 0.383 e. The Morgan fingerprint density at radius 3 is 2.50 bits per heavy atom. The summed E-state index contributed by atoms with van der Waals surface area (Å²) in [5.74, 6) is 0.721. The molecule has 0 unspecified atom stereocenters. The fourth-order valence-corrected chi connectivity index (χ4v) is 2.68. The number of hydrogen-bond acceptors (Lipinski definition) is 6. The van der Waals surface area contributed by atoms with Crippen LogP contribution in [-0.2, 0) is 0 Å². The third-order valence-corrected chi connectivity index (χ3v) is 4.18. The monoisotopic (exact) mass is 279 g/mol. The molecule has 0 bridgehead atoms. The van der Waals surface area contributed by atoms with E-state index in [1.54, 1.807) is 0 Å². The maximum atomic E-state index is 10.9. The van der Waals surface area contributed by atoms with Crippen LogP contribution in [0.25, 0.3) is 0 Å². The van der Waals surface area contributed by atoms with Crippen LogP contribution >= 0.6 is 0 Å².